The smallest absolute Gasteiger partial charge is 0 e. The number of hydrogen-bond donors (Lipinski definition) is 0. The molecule has 0 heteroatoms. The Morgan fingerprint density at radius 3 is 0.625 bits per heavy atom. The predicted molar refractivity (Wildman–Crippen MR) is 32.9 cm³/mol. The highest BCUT2D eigenvalue weighted by atomic mass is 13.6. The van der Waals surface area contributed by atoms with E-state index in [1.54, 1.807) is 0 Å². The zero-order chi connectivity index (χ0) is 4.24. The van der Waals surface area contributed by atoms with Gasteiger partial charge in [0.1, 0.15) is 0 Å². The van der Waals surface area contributed by atoms with E-state index in [9.17, 15) is 0 Å². The van der Waals surface area contributed by atoms with Gasteiger partial charge in [-0.3, -0.25) is 0 Å². The highest BCUT2D eigenvalue weighted by molar-refractivity contribution is 4.99. The summed E-state index contributed by atoms with van der Waals surface area (Å²) in [5.41, 5.74) is 0. The van der Waals surface area contributed by atoms with Crippen LogP contribution in [0, 0.1) is 14.9 Å². The molecule has 1 rings (SSSR count). The van der Waals surface area contributed by atoms with Crippen LogP contribution in [-0.4, -0.2) is 0 Å². The van der Waals surface area contributed by atoms with Crippen LogP contribution in [0.2, 0.25) is 0 Å². The molecule has 1 aromatic rings. The number of rotatable bonds is 0. The van der Waals surface area contributed by atoms with Crippen molar-refractivity contribution in [2.24, 2.45) is 0 Å². The molecule has 0 aliphatic rings. The molecule has 0 unspecified atom stereocenters. The second-order valence-corrected chi connectivity index (χ2v) is 1.15. The molecule has 1 aromatic carbocycles. The predicted octanol–water partition coefficient (Wildman–Crippen LogP) is 1.85. The van der Waals surface area contributed by atoms with Crippen LogP contribution >= 0.6 is 0 Å². The van der Waals surface area contributed by atoms with Crippen molar-refractivity contribution < 1.29 is 0 Å². The first-order chi connectivity index (χ1) is 3.00. The first kappa shape index (κ1) is 10.3. The van der Waals surface area contributed by atoms with Crippen molar-refractivity contribution in [3.8, 4) is 0 Å². The summed E-state index contributed by atoms with van der Waals surface area (Å²) in [7, 11) is 0. The van der Waals surface area contributed by atoms with Crippen LogP contribution in [0.25, 0.3) is 0 Å². The van der Waals surface area contributed by atoms with Crippen LogP contribution in [0.4, 0.5) is 0 Å². The molecule has 0 saturated heterocycles. The van der Waals surface area contributed by atoms with Crippen molar-refractivity contribution in [3.05, 3.63) is 51.3 Å². The van der Waals surface area contributed by atoms with E-state index in [-0.39, 0.29) is 14.9 Å². The summed E-state index contributed by atoms with van der Waals surface area (Å²) in [6.07, 6.45) is 0. The van der Waals surface area contributed by atoms with Gasteiger partial charge < -0.3 is 0 Å². The molecular weight excluding hydrogens is 96.1 g/mol. The van der Waals surface area contributed by atoms with Gasteiger partial charge in [0, 0.05) is 14.9 Å². The van der Waals surface area contributed by atoms with Crippen molar-refractivity contribution in [2.75, 3.05) is 0 Å². The number of hydrogen-bond acceptors (Lipinski definition) is 0. The highest BCUT2D eigenvalue weighted by Gasteiger charge is 1.57. The van der Waals surface area contributed by atoms with Gasteiger partial charge in [-0.15, -0.1) is 0 Å². The molecule has 8 radical (unpaired) electrons. The molecule has 0 aromatic heterocycles. The van der Waals surface area contributed by atoms with E-state index in [0.717, 1.165) is 0 Å². The SMILES string of the molecule is [C].[C].c1ccccc1. The highest BCUT2D eigenvalue weighted by Crippen LogP contribution is 1.79. The van der Waals surface area contributed by atoms with E-state index >= 15 is 0 Å². The summed E-state index contributed by atoms with van der Waals surface area (Å²) >= 11 is 0. The summed E-state index contributed by atoms with van der Waals surface area (Å²) in [6, 6.07) is 12.0. The van der Waals surface area contributed by atoms with Gasteiger partial charge in [0.2, 0.25) is 0 Å². The van der Waals surface area contributed by atoms with E-state index in [0.29, 0.717) is 0 Å². The van der Waals surface area contributed by atoms with Crippen LogP contribution in [0.5, 0.6) is 0 Å². The molecule has 0 spiro atoms. The zero-order valence-electron chi connectivity index (χ0n) is 4.46. The minimum atomic E-state index is 0. The Balaban J connectivity index is 0. The normalized spacial score (nSPS) is 6.00. The average Bonchev–Trinajstić information content (AvgIpc) is 1.72. The van der Waals surface area contributed by atoms with Gasteiger partial charge in [-0.05, 0) is 0 Å². The maximum Gasteiger partial charge on any atom is 0 e. The van der Waals surface area contributed by atoms with E-state index < -0.39 is 0 Å². The average molecular weight is 102 g/mol. The van der Waals surface area contributed by atoms with Crippen LogP contribution in [0.1, 0.15) is 0 Å². The molecule has 0 fully saturated rings. The van der Waals surface area contributed by atoms with Crippen LogP contribution in [0.15, 0.2) is 36.4 Å². The first-order valence-corrected chi connectivity index (χ1v) is 2.00. The van der Waals surface area contributed by atoms with E-state index in [2.05, 4.69) is 0 Å². The lowest BCUT2D eigenvalue weighted by molar-refractivity contribution is 1.72. The Bertz CT molecular complexity index is 72.0. The summed E-state index contributed by atoms with van der Waals surface area (Å²) in [4.78, 5) is 0. The summed E-state index contributed by atoms with van der Waals surface area (Å²) in [5, 5.41) is 0. The Morgan fingerprint density at radius 2 is 0.500 bits per heavy atom. The fraction of sp³-hybridized carbons (Fsp3) is 0. The lowest BCUT2D eigenvalue weighted by Gasteiger charge is -1.69. The molecule has 0 aliphatic carbocycles. The molecule has 0 bridgehead atoms. The fourth-order valence-electron chi connectivity index (χ4n) is 0.385. The Kier molecular flexibility index (Phi) is 7.97. The summed E-state index contributed by atoms with van der Waals surface area (Å²) in [6.45, 7) is 0. The van der Waals surface area contributed by atoms with Crippen molar-refractivity contribution in [3.63, 3.8) is 0 Å². The Morgan fingerprint density at radius 1 is 0.375 bits per heavy atom. The first-order valence-electron chi connectivity index (χ1n) is 2.00. The fourth-order valence-corrected chi connectivity index (χ4v) is 0.385. The standard InChI is InChI=1S/C6H6.2C/c1-2-4-6-5-3-1;;/h1-6H;;. The summed E-state index contributed by atoms with van der Waals surface area (Å²) < 4.78 is 0. The van der Waals surface area contributed by atoms with Gasteiger partial charge in [0.25, 0.3) is 0 Å². The third-order valence-corrected chi connectivity index (χ3v) is 0.667. The molecule has 0 N–H and O–H groups in total. The van der Waals surface area contributed by atoms with Crippen molar-refractivity contribution in [2.45, 2.75) is 0 Å². The van der Waals surface area contributed by atoms with Gasteiger partial charge in [-0.1, -0.05) is 36.4 Å². The lowest BCUT2D eigenvalue weighted by atomic mass is 10.4. The van der Waals surface area contributed by atoms with E-state index in [4.69, 9.17) is 0 Å². The second kappa shape index (κ2) is 6.22. The quantitative estimate of drug-likeness (QED) is 0.469. The number of benzene rings is 1. The van der Waals surface area contributed by atoms with Crippen molar-refractivity contribution in [1.29, 1.82) is 0 Å². The zero-order valence-corrected chi connectivity index (χ0v) is 4.46. The van der Waals surface area contributed by atoms with Crippen LogP contribution in [0.3, 0.4) is 0 Å². The van der Waals surface area contributed by atoms with E-state index in [1.165, 1.54) is 0 Å². The molecule has 0 nitrogen and oxygen atoms in total. The molecule has 38 valence electrons. The van der Waals surface area contributed by atoms with Gasteiger partial charge in [0.05, 0.1) is 0 Å². The largest absolute Gasteiger partial charge is 0.0623 e. The maximum atomic E-state index is 2.00. The Labute approximate surface area is 52.2 Å². The summed E-state index contributed by atoms with van der Waals surface area (Å²) in [5.74, 6) is 0. The van der Waals surface area contributed by atoms with Crippen molar-refractivity contribution >= 4 is 0 Å². The van der Waals surface area contributed by atoms with E-state index in [1.807, 2.05) is 36.4 Å². The van der Waals surface area contributed by atoms with Gasteiger partial charge in [0.15, 0.2) is 0 Å². The third-order valence-electron chi connectivity index (χ3n) is 0.667. The minimum absolute atomic E-state index is 0. The van der Waals surface area contributed by atoms with Gasteiger partial charge >= 0.3 is 0 Å². The molecule has 8 heavy (non-hydrogen) atoms. The van der Waals surface area contributed by atoms with Crippen LogP contribution < -0.4 is 0 Å². The molecule has 0 heterocycles. The third kappa shape index (κ3) is 3.41. The van der Waals surface area contributed by atoms with Crippen molar-refractivity contribution in [1.82, 2.24) is 0 Å². The van der Waals surface area contributed by atoms with Gasteiger partial charge in [-0.25, -0.2) is 0 Å². The molecule has 0 atom stereocenters. The van der Waals surface area contributed by atoms with Gasteiger partial charge in [-0.2, -0.15) is 0 Å². The minimum Gasteiger partial charge on any atom is -0.0623 e. The molecule has 0 aliphatic heterocycles. The topological polar surface area (TPSA) is 0 Å². The maximum absolute atomic E-state index is 2.00. The second-order valence-electron chi connectivity index (χ2n) is 1.15. The molecule has 0 saturated carbocycles. The molecule has 0 amide bonds. The molecular formula is C8H6. The Hall–Kier alpha value is -0.780. The monoisotopic (exact) mass is 102 g/mol. The lowest BCUT2D eigenvalue weighted by Crippen LogP contribution is -1.47. The van der Waals surface area contributed by atoms with Crippen LogP contribution in [-0.2, 0) is 0 Å².